The number of benzene rings is 2. The van der Waals surface area contributed by atoms with Crippen LogP contribution in [-0.2, 0) is 18.4 Å². The van der Waals surface area contributed by atoms with Crippen molar-refractivity contribution in [3.8, 4) is 23.6 Å². The molecule has 1 N–H and O–H groups in total. The zero-order valence-electron chi connectivity index (χ0n) is 17.4. The van der Waals surface area contributed by atoms with Crippen LogP contribution in [0, 0.1) is 17.1 Å². The zero-order chi connectivity index (χ0) is 25.9. The fourth-order valence-electron chi connectivity index (χ4n) is 2.67. The number of aromatic nitrogens is 2. The van der Waals surface area contributed by atoms with Crippen LogP contribution in [-0.4, -0.2) is 27.6 Å². The Hall–Kier alpha value is -3.82. The third-order valence-electron chi connectivity index (χ3n) is 4.27. The minimum atomic E-state index is -5.25. The van der Waals surface area contributed by atoms with E-state index in [1.54, 1.807) is 0 Å². The number of imidazole rings is 1. The Morgan fingerprint density at radius 2 is 1.94 bits per heavy atom. The number of aryl methyl sites for hydroxylation is 1. The molecule has 182 valence electrons. The van der Waals surface area contributed by atoms with E-state index < -0.39 is 29.9 Å². The minimum Gasteiger partial charge on any atom is -0.453 e. The molecule has 3 rings (SSSR count). The quantitative estimate of drug-likeness (QED) is 0.358. The maximum absolute atomic E-state index is 15.0. The van der Waals surface area contributed by atoms with E-state index in [-0.39, 0.29) is 44.9 Å². The summed E-state index contributed by atoms with van der Waals surface area (Å²) >= 11 is 11.9. The molecule has 3 aromatic rings. The number of ether oxygens (including phenoxy) is 2. The van der Waals surface area contributed by atoms with E-state index in [4.69, 9.17) is 33.2 Å². The van der Waals surface area contributed by atoms with Gasteiger partial charge in [-0.1, -0.05) is 29.3 Å². The number of amides is 1. The Morgan fingerprint density at radius 3 is 2.60 bits per heavy atom. The van der Waals surface area contributed by atoms with Crippen LogP contribution in [0.4, 0.5) is 17.6 Å². The van der Waals surface area contributed by atoms with Crippen LogP contribution in [0.5, 0.6) is 17.5 Å². The molecule has 2 aromatic carbocycles. The second kappa shape index (κ2) is 10.2. The van der Waals surface area contributed by atoms with Gasteiger partial charge in [-0.25, -0.2) is 9.18 Å². The van der Waals surface area contributed by atoms with Gasteiger partial charge in [0, 0.05) is 30.4 Å². The standard InChI is InChI=1S/C21H12Cl2F4N4O4/c1-31-9-15(30-20(31)35-19(33)21(25,26)27)18(32)29-8-11-2-3-14(23)17(16(11)24)34-13-5-10(7-28)4-12(22)6-13/h2-6,9H,8H2,1H3,(H,29,32). The highest BCUT2D eigenvalue weighted by Gasteiger charge is 2.42. The maximum Gasteiger partial charge on any atom is 0.491 e. The van der Waals surface area contributed by atoms with Crippen molar-refractivity contribution in [3.05, 3.63) is 69.2 Å². The molecule has 1 aromatic heterocycles. The molecule has 0 radical (unpaired) electrons. The predicted octanol–water partition coefficient (Wildman–Crippen LogP) is 4.93. The predicted molar refractivity (Wildman–Crippen MR) is 114 cm³/mol. The fourth-order valence-corrected chi connectivity index (χ4v) is 3.08. The molecule has 0 spiro atoms. The molecule has 0 unspecified atom stereocenters. The summed E-state index contributed by atoms with van der Waals surface area (Å²) in [5, 5.41) is 11.4. The molecular formula is C21H12Cl2F4N4O4. The summed E-state index contributed by atoms with van der Waals surface area (Å²) in [4.78, 5) is 26.9. The van der Waals surface area contributed by atoms with E-state index in [0.717, 1.165) is 10.8 Å². The minimum absolute atomic E-state index is 0.0467. The van der Waals surface area contributed by atoms with Gasteiger partial charge < -0.3 is 19.4 Å². The fraction of sp³-hybridized carbons (Fsp3) is 0.143. The van der Waals surface area contributed by atoms with Crippen LogP contribution < -0.4 is 14.8 Å². The van der Waals surface area contributed by atoms with Gasteiger partial charge in [-0.2, -0.15) is 23.4 Å². The highest BCUT2D eigenvalue weighted by atomic mass is 35.5. The first-order valence-electron chi connectivity index (χ1n) is 9.35. The van der Waals surface area contributed by atoms with Crippen molar-refractivity contribution in [1.29, 1.82) is 5.26 Å². The van der Waals surface area contributed by atoms with E-state index in [1.807, 2.05) is 6.07 Å². The third-order valence-corrected chi connectivity index (χ3v) is 4.79. The van der Waals surface area contributed by atoms with Crippen molar-refractivity contribution in [2.45, 2.75) is 12.7 Å². The number of carbonyl (C=O) groups is 2. The molecule has 35 heavy (non-hydrogen) atoms. The Bertz CT molecular complexity index is 1350. The summed E-state index contributed by atoms with van der Waals surface area (Å²) in [6.45, 7) is -0.383. The summed E-state index contributed by atoms with van der Waals surface area (Å²) in [5.74, 6) is -4.65. The van der Waals surface area contributed by atoms with Crippen molar-refractivity contribution in [2.75, 3.05) is 0 Å². The number of alkyl halides is 3. The van der Waals surface area contributed by atoms with Crippen molar-refractivity contribution in [3.63, 3.8) is 0 Å². The average Bonchev–Trinajstić information content (AvgIpc) is 3.15. The highest BCUT2D eigenvalue weighted by Crippen LogP contribution is 2.35. The Balaban J connectivity index is 1.75. The number of hydrogen-bond donors (Lipinski definition) is 1. The summed E-state index contributed by atoms with van der Waals surface area (Å²) < 4.78 is 62.6. The van der Waals surface area contributed by atoms with Crippen molar-refractivity contribution >= 4 is 35.1 Å². The first-order chi connectivity index (χ1) is 16.4. The number of carbonyl (C=O) groups excluding carboxylic acids is 2. The van der Waals surface area contributed by atoms with Gasteiger partial charge in [0.05, 0.1) is 16.7 Å². The van der Waals surface area contributed by atoms with Gasteiger partial charge in [0.2, 0.25) is 0 Å². The molecule has 0 atom stereocenters. The average molecular weight is 531 g/mol. The van der Waals surface area contributed by atoms with E-state index >= 15 is 4.39 Å². The second-order valence-electron chi connectivity index (χ2n) is 6.83. The molecule has 1 heterocycles. The van der Waals surface area contributed by atoms with Gasteiger partial charge in [0.25, 0.3) is 5.91 Å². The Labute approximate surface area is 204 Å². The Kier molecular flexibility index (Phi) is 7.52. The zero-order valence-corrected chi connectivity index (χ0v) is 18.9. The monoisotopic (exact) mass is 530 g/mol. The lowest BCUT2D eigenvalue weighted by Gasteiger charge is -2.13. The summed E-state index contributed by atoms with van der Waals surface area (Å²) in [7, 11) is 1.21. The number of rotatable bonds is 6. The molecule has 8 nitrogen and oxygen atoms in total. The molecule has 0 fully saturated rings. The van der Waals surface area contributed by atoms with Gasteiger partial charge in [0.15, 0.2) is 11.6 Å². The number of nitrogens with one attached hydrogen (secondary N) is 1. The lowest BCUT2D eigenvalue weighted by molar-refractivity contribution is -0.190. The number of nitriles is 1. The molecule has 0 aliphatic heterocycles. The molecule has 0 aliphatic carbocycles. The first-order valence-corrected chi connectivity index (χ1v) is 10.1. The molecule has 14 heteroatoms. The molecule has 0 saturated heterocycles. The van der Waals surface area contributed by atoms with E-state index in [1.165, 1.54) is 37.4 Å². The van der Waals surface area contributed by atoms with Gasteiger partial charge in [-0.05, 0) is 24.3 Å². The molecule has 0 bridgehead atoms. The van der Waals surface area contributed by atoms with Crippen LogP contribution in [0.1, 0.15) is 21.6 Å². The second-order valence-corrected chi connectivity index (χ2v) is 7.67. The number of esters is 1. The lowest BCUT2D eigenvalue weighted by atomic mass is 10.2. The van der Waals surface area contributed by atoms with E-state index in [0.29, 0.717) is 0 Å². The molecular weight excluding hydrogens is 519 g/mol. The van der Waals surface area contributed by atoms with Crippen LogP contribution >= 0.6 is 23.2 Å². The van der Waals surface area contributed by atoms with Gasteiger partial charge in [0.1, 0.15) is 11.4 Å². The maximum atomic E-state index is 15.0. The van der Waals surface area contributed by atoms with Crippen molar-refractivity contribution in [2.24, 2.45) is 7.05 Å². The number of nitrogens with zero attached hydrogens (tertiary/aromatic N) is 3. The summed E-state index contributed by atoms with van der Waals surface area (Å²) in [6, 6.07) is 7.75. The molecule has 1 amide bonds. The van der Waals surface area contributed by atoms with Crippen LogP contribution in [0.3, 0.4) is 0 Å². The number of hydrogen-bond acceptors (Lipinski definition) is 6. The highest BCUT2D eigenvalue weighted by molar-refractivity contribution is 6.32. The van der Waals surface area contributed by atoms with Gasteiger partial charge in [-0.3, -0.25) is 4.79 Å². The van der Waals surface area contributed by atoms with Crippen LogP contribution in [0.2, 0.25) is 10.0 Å². The lowest BCUT2D eigenvalue weighted by Crippen LogP contribution is -2.29. The first kappa shape index (κ1) is 25.8. The topological polar surface area (TPSA) is 106 Å². The van der Waals surface area contributed by atoms with Crippen LogP contribution in [0.25, 0.3) is 0 Å². The summed E-state index contributed by atoms with van der Waals surface area (Å²) in [5.41, 5.74) is -0.269. The van der Waals surface area contributed by atoms with Crippen LogP contribution in [0.15, 0.2) is 36.5 Å². The normalized spacial score (nSPS) is 11.0. The largest absolute Gasteiger partial charge is 0.491 e. The van der Waals surface area contributed by atoms with Crippen molar-refractivity contribution < 1.29 is 36.6 Å². The van der Waals surface area contributed by atoms with Gasteiger partial charge in [-0.15, -0.1) is 0 Å². The smallest absolute Gasteiger partial charge is 0.453 e. The SMILES string of the molecule is Cn1cc(C(=O)NCc2ccc(Cl)c(Oc3cc(Cl)cc(C#N)c3)c2F)nc1OC(=O)C(F)(F)F. The molecule has 0 saturated carbocycles. The van der Waals surface area contributed by atoms with Crippen molar-refractivity contribution in [1.82, 2.24) is 14.9 Å². The third kappa shape index (κ3) is 6.20. The Morgan fingerprint density at radius 1 is 1.23 bits per heavy atom. The number of halogens is 6. The van der Waals surface area contributed by atoms with Gasteiger partial charge >= 0.3 is 18.2 Å². The summed E-state index contributed by atoms with van der Waals surface area (Å²) in [6.07, 6.45) is -4.23. The molecule has 0 aliphatic rings. The van der Waals surface area contributed by atoms with E-state index in [2.05, 4.69) is 15.0 Å². The van der Waals surface area contributed by atoms with E-state index in [9.17, 15) is 22.8 Å².